The molecule has 0 aliphatic rings. The van der Waals surface area contributed by atoms with Gasteiger partial charge in [-0.2, -0.15) is 5.10 Å². The van der Waals surface area contributed by atoms with Crippen molar-refractivity contribution in [1.82, 2.24) is 9.78 Å². The van der Waals surface area contributed by atoms with Crippen LogP contribution < -0.4 is 5.73 Å². The summed E-state index contributed by atoms with van der Waals surface area (Å²) in [6, 6.07) is 1.90. The van der Waals surface area contributed by atoms with E-state index in [4.69, 9.17) is 5.73 Å². The van der Waals surface area contributed by atoms with Gasteiger partial charge in [0.05, 0.1) is 5.69 Å². The molecule has 1 aromatic heterocycles. The van der Waals surface area contributed by atoms with Gasteiger partial charge in [-0.1, -0.05) is 13.8 Å². The maximum Gasteiger partial charge on any atom is 0.143 e. The van der Waals surface area contributed by atoms with Gasteiger partial charge in [0, 0.05) is 31.1 Å². The van der Waals surface area contributed by atoms with Crippen LogP contribution in [-0.2, 0) is 24.7 Å². The van der Waals surface area contributed by atoms with Crippen molar-refractivity contribution in [2.24, 2.45) is 18.7 Å². The van der Waals surface area contributed by atoms with Crippen LogP contribution >= 0.6 is 0 Å². The first-order chi connectivity index (χ1) is 7.45. The molecule has 90 valence electrons. The van der Waals surface area contributed by atoms with Crippen LogP contribution in [0.5, 0.6) is 0 Å². The van der Waals surface area contributed by atoms with Crippen molar-refractivity contribution in [2.75, 3.05) is 0 Å². The van der Waals surface area contributed by atoms with Crippen molar-refractivity contribution in [3.8, 4) is 0 Å². The molecule has 4 heteroatoms. The number of hydrogen-bond acceptors (Lipinski definition) is 3. The summed E-state index contributed by atoms with van der Waals surface area (Å²) in [4.78, 5) is 11.9. The summed E-state index contributed by atoms with van der Waals surface area (Å²) in [5.41, 5.74) is 7.71. The lowest BCUT2D eigenvalue weighted by molar-refractivity contribution is -0.122. The van der Waals surface area contributed by atoms with E-state index in [9.17, 15) is 4.79 Å². The quantitative estimate of drug-likeness (QED) is 0.812. The molecule has 1 aromatic rings. The lowest BCUT2D eigenvalue weighted by atomic mass is 9.96. The molecular weight excluding hydrogens is 202 g/mol. The minimum Gasteiger partial charge on any atom is -0.327 e. The van der Waals surface area contributed by atoms with Crippen LogP contribution in [0.3, 0.4) is 0 Å². The van der Waals surface area contributed by atoms with Crippen molar-refractivity contribution in [2.45, 2.75) is 39.7 Å². The molecule has 0 saturated carbocycles. The van der Waals surface area contributed by atoms with Crippen LogP contribution in [0, 0.1) is 5.92 Å². The molecule has 2 N–H and O–H groups in total. The first-order valence-corrected chi connectivity index (χ1v) is 5.75. The third-order valence-electron chi connectivity index (χ3n) is 3.04. The third kappa shape index (κ3) is 2.92. The van der Waals surface area contributed by atoms with Crippen LogP contribution in [0.15, 0.2) is 6.07 Å². The molecule has 1 heterocycles. The number of aromatic nitrogens is 2. The molecule has 2 atom stereocenters. The van der Waals surface area contributed by atoms with Gasteiger partial charge >= 0.3 is 0 Å². The molecule has 0 bridgehead atoms. The Morgan fingerprint density at radius 1 is 1.56 bits per heavy atom. The zero-order valence-electron chi connectivity index (χ0n) is 10.5. The first-order valence-electron chi connectivity index (χ1n) is 5.75. The Labute approximate surface area is 96.8 Å². The monoisotopic (exact) mass is 223 g/mol. The van der Waals surface area contributed by atoms with Gasteiger partial charge in [-0.15, -0.1) is 0 Å². The maximum absolute atomic E-state index is 11.9. The first kappa shape index (κ1) is 12.9. The van der Waals surface area contributed by atoms with Crippen LogP contribution in [-0.4, -0.2) is 21.6 Å². The van der Waals surface area contributed by atoms with Crippen LogP contribution in [0.2, 0.25) is 0 Å². The van der Waals surface area contributed by atoms with E-state index in [1.54, 1.807) is 4.68 Å². The SMILES string of the molecule is CCc1cc(CC(=O)C(C)C(C)N)n(C)n1. The molecule has 0 spiro atoms. The average molecular weight is 223 g/mol. The van der Waals surface area contributed by atoms with Crippen LogP contribution in [0.4, 0.5) is 0 Å². The van der Waals surface area contributed by atoms with E-state index in [1.807, 2.05) is 27.0 Å². The Hall–Kier alpha value is -1.16. The largest absolute Gasteiger partial charge is 0.327 e. The lowest BCUT2D eigenvalue weighted by Gasteiger charge is -2.13. The highest BCUT2D eigenvalue weighted by Gasteiger charge is 2.18. The van der Waals surface area contributed by atoms with Crippen molar-refractivity contribution < 1.29 is 4.79 Å². The second-order valence-electron chi connectivity index (χ2n) is 4.40. The number of aryl methyl sites for hydroxylation is 2. The van der Waals surface area contributed by atoms with E-state index in [0.717, 1.165) is 17.8 Å². The summed E-state index contributed by atoms with van der Waals surface area (Å²) in [6.07, 6.45) is 1.32. The molecule has 0 aliphatic heterocycles. The highest BCUT2D eigenvalue weighted by Crippen LogP contribution is 2.10. The van der Waals surface area contributed by atoms with Gasteiger partial charge in [0.15, 0.2) is 0 Å². The van der Waals surface area contributed by atoms with Crippen molar-refractivity contribution in [3.05, 3.63) is 17.5 Å². The lowest BCUT2D eigenvalue weighted by Crippen LogP contribution is -2.31. The van der Waals surface area contributed by atoms with Gasteiger partial charge in [-0.3, -0.25) is 9.48 Å². The van der Waals surface area contributed by atoms with Crippen LogP contribution in [0.25, 0.3) is 0 Å². The summed E-state index contributed by atoms with van der Waals surface area (Å²) < 4.78 is 1.78. The number of hydrogen-bond donors (Lipinski definition) is 1. The molecule has 0 fully saturated rings. The molecule has 4 nitrogen and oxygen atoms in total. The topological polar surface area (TPSA) is 60.9 Å². The van der Waals surface area contributed by atoms with Crippen molar-refractivity contribution >= 4 is 5.78 Å². The Balaban J connectivity index is 2.73. The molecule has 0 aromatic carbocycles. The molecule has 16 heavy (non-hydrogen) atoms. The van der Waals surface area contributed by atoms with Crippen LogP contribution in [0.1, 0.15) is 32.2 Å². The fourth-order valence-corrected chi connectivity index (χ4v) is 1.54. The van der Waals surface area contributed by atoms with E-state index in [-0.39, 0.29) is 17.7 Å². The van der Waals surface area contributed by atoms with Gasteiger partial charge in [0.25, 0.3) is 0 Å². The number of ketones is 1. The smallest absolute Gasteiger partial charge is 0.143 e. The molecule has 0 aliphatic carbocycles. The van der Waals surface area contributed by atoms with E-state index in [0.29, 0.717) is 6.42 Å². The summed E-state index contributed by atoms with van der Waals surface area (Å²) in [7, 11) is 1.87. The summed E-state index contributed by atoms with van der Waals surface area (Å²) in [5.74, 6) is 0.0839. The fourth-order valence-electron chi connectivity index (χ4n) is 1.54. The van der Waals surface area contributed by atoms with E-state index < -0.39 is 0 Å². The number of nitrogens with zero attached hydrogens (tertiary/aromatic N) is 2. The minimum absolute atomic E-state index is 0.0913. The Kier molecular flexibility index (Phi) is 4.24. The average Bonchev–Trinajstić information content (AvgIpc) is 2.58. The normalized spacial score (nSPS) is 14.8. The predicted octanol–water partition coefficient (Wildman–Crippen LogP) is 1.08. The van der Waals surface area contributed by atoms with Crippen molar-refractivity contribution in [1.29, 1.82) is 0 Å². The fraction of sp³-hybridized carbons (Fsp3) is 0.667. The molecular formula is C12H21N3O. The van der Waals surface area contributed by atoms with Gasteiger partial charge in [0.1, 0.15) is 5.78 Å². The molecule has 0 radical (unpaired) electrons. The van der Waals surface area contributed by atoms with E-state index >= 15 is 0 Å². The zero-order chi connectivity index (χ0) is 12.3. The number of rotatable bonds is 5. The standard InChI is InChI=1S/C12H21N3O/c1-5-10-6-11(15(4)14-10)7-12(16)8(2)9(3)13/h6,8-9H,5,7,13H2,1-4H3. The molecule has 1 rings (SSSR count). The Morgan fingerprint density at radius 3 is 2.62 bits per heavy atom. The van der Waals surface area contributed by atoms with Gasteiger partial charge in [-0.05, 0) is 19.4 Å². The Morgan fingerprint density at radius 2 is 2.19 bits per heavy atom. The molecule has 0 amide bonds. The molecule has 2 unspecified atom stereocenters. The zero-order valence-corrected chi connectivity index (χ0v) is 10.5. The number of Topliss-reactive ketones (excluding diaryl/α,β-unsaturated/α-hetero) is 1. The van der Waals surface area contributed by atoms with Gasteiger partial charge < -0.3 is 5.73 Å². The number of carbonyl (C=O) groups excluding carboxylic acids is 1. The number of nitrogens with two attached hydrogens (primary N) is 1. The molecule has 0 saturated heterocycles. The summed E-state index contributed by atoms with van der Waals surface area (Å²) in [6.45, 7) is 5.80. The second kappa shape index (κ2) is 5.25. The second-order valence-corrected chi connectivity index (χ2v) is 4.40. The van der Waals surface area contributed by atoms with Gasteiger partial charge in [0.2, 0.25) is 0 Å². The summed E-state index contributed by atoms with van der Waals surface area (Å²) in [5, 5.41) is 4.32. The predicted molar refractivity (Wildman–Crippen MR) is 64.1 cm³/mol. The van der Waals surface area contributed by atoms with Gasteiger partial charge in [-0.25, -0.2) is 0 Å². The number of carbonyl (C=O) groups is 1. The van der Waals surface area contributed by atoms with E-state index in [2.05, 4.69) is 12.0 Å². The minimum atomic E-state index is -0.0972. The van der Waals surface area contributed by atoms with E-state index in [1.165, 1.54) is 0 Å². The highest BCUT2D eigenvalue weighted by molar-refractivity contribution is 5.83. The summed E-state index contributed by atoms with van der Waals surface area (Å²) >= 11 is 0. The third-order valence-corrected chi connectivity index (χ3v) is 3.04. The maximum atomic E-state index is 11.9. The van der Waals surface area contributed by atoms with Crippen molar-refractivity contribution in [3.63, 3.8) is 0 Å². The Bertz CT molecular complexity index is 368. The highest BCUT2D eigenvalue weighted by atomic mass is 16.1.